The maximum absolute atomic E-state index is 10.7. The zero-order valence-electron chi connectivity index (χ0n) is 6.13. The fourth-order valence-corrected chi connectivity index (χ4v) is 1.22. The fourth-order valence-electron chi connectivity index (χ4n) is 1.22. The minimum absolute atomic E-state index is 0.134. The summed E-state index contributed by atoms with van der Waals surface area (Å²) in [5.74, 6) is -0.438. The predicted molar refractivity (Wildman–Crippen MR) is 37.2 cm³/mol. The van der Waals surface area contributed by atoms with Crippen LogP contribution in [0.5, 0.6) is 0 Å². The molecule has 1 amide bonds. The molecule has 1 aliphatic carbocycles. The predicted octanol–water partition coefficient (Wildman–Crippen LogP) is 0.0228. The van der Waals surface area contributed by atoms with Crippen molar-refractivity contribution in [3.05, 3.63) is 0 Å². The Balaban J connectivity index is 2.65. The maximum atomic E-state index is 10.7. The highest BCUT2D eigenvalue weighted by Gasteiger charge is 2.46. The molecule has 3 N–H and O–H groups in total. The van der Waals surface area contributed by atoms with E-state index < -0.39 is 11.5 Å². The summed E-state index contributed by atoms with van der Waals surface area (Å²) in [6.45, 7) is 1.78. The van der Waals surface area contributed by atoms with Gasteiger partial charge in [0.15, 0.2) is 0 Å². The quantitative estimate of drug-likeness (QED) is 0.585. The summed E-state index contributed by atoms with van der Waals surface area (Å²) in [5, 5.41) is 9.56. The van der Waals surface area contributed by atoms with E-state index in [1.807, 2.05) is 0 Å². The van der Waals surface area contributed by atoms with Crippen molar-refractivity contribution in [1.29, 1.82) is 0 Å². The van der Waals surface area contributed by atoms with Crippen molar-refractivity contribution >= 4 is 5.91 Å². The lowest BCUT2D eigenvalue weighted by Crippen LogP contribution is -2.45. The molecular weight excluding hydrogens is 130 g/mol. The second kappa shape index (κ2) is 2.23. The van der Waals surface area contributed by atoms with Gasteiger partial charge in [-0.15, -0.1) is 0 Å². The van der Waals surface area contributed by atoms with Gasteiger partial charge in [-0.1, -0.05) is 6.92 Å². The van der Waals surface area contributed by atoms with Gasteiger partial charge in [-0.3, -0.25) is 4.79 Å². The molecule has 1 atom stereocenters. The van der Waals surface area contributed by atoms with Crippen molar-refractivity contribution in [2.45, 2.75) is 31.8 Å². The van der Waals surface area contributed by atoms with Gasteiger partial charge in [-0.25, -0.2) is 0 Å². The molecule has 1 aliphatic rings. The average molecular weight is 143 g/mol. The first-order valence-corrected chi connectivity index (χ1v) is 3.63. The molecule has 10 heavy (non-hydrogen) atoms. The van der Waals surface area contributed by atoms with Crippen LogP contribution < -0.4 is 5.73 Å². The third-order valence-corrected chi connectivity index (χ3v) is 2.22. The van der Waals surface area contributed by atoms with Crippen molar-refractivity contribution in [1.82, 2.24) is 0 Å². The second-order valence-corrected chi connectivity index (χ2v) is 2.92. The SMILES string of the molecule is CCC(O)(C(N)=O)C1CC1. The van der Waals surface area contributed by atoms with E-state index in [1.54, 1.807) is 6.92 Å². The monoisotopic (exact) mass is 143 g/mol. The zero-order chi connectivity index (χ0) is 7.78. The summed E-state index contributed by atoms with van der Waals surface area (Å²) in [5.41, 5.74) is 3.83. The Labute approximate surface area is 60.2 Å². The lowest BCUT2D eigenvalue weighted by Gasteiger charge is -2.21. The fraction of sp³-hybridized carbons (Fsp3) is 0.857. The van der Waals surface area contributed by atoms with Gasteiger partial charge >= 0.3 is 0 Å². The van der Waals surface area contributed by atoms with Crippen LogP contribution in [0.1, 0.15) is 26.2 Å². The van der Waals surface area contributed by atoms with Gasteiger partial charge in [0.1, 0.15) is 5.60 Å². The molecule has 58 valence electrons. The van der Waals surface area contributed by atoms with Gasteiger partial charge in [-0.05, 0) is 25.2 Å². The van der Waals surface area contributed by atoms with Crippen molar-refractivity contribution in [2.75, 3.05) is 0 Å². The van der Waals surface area contributed by atoms with Crippen LogP contribution in [0, 0.1) is 5.92 Å². The number of amides is 1. The number of aliphatic hydroxyl groups is 1. The molecule has 0 bridgehead atoms. The second-order valence-electron chi connectivity index (χ2n) is 2.92. The van der Waals surface area contributed by atoms with Crippen LogP contribution in [0.4, 0.5) is 0 Å². The van der Waals surface area contributed by atoms with E-state index >= 15 is 0 Å². The van der Waals surface area contributed by atoms with Crippen LogP contribution >= 0.6 is 0 Å². The Morgan fingerprint density at radius 3 is 2.40 bits per heavy atom. The standard InChI is InChI=1S/C7H13NO2/c1-2-7(10,6(8)9)5-3-4-5/h5,10H,2-4H2,1H3,(H2,8,9). The first-order chi connectivity index (χ1) is 4.61. The molecule has 0 heterocycles. The summed E-state index contributed by atoms with van der Waals surface area (Å²) < 4.78 is 0. The molecule has 0 aromatic carbocycles. The van der Waals surface area contributed by atoms with Crippen LogP contribution in [0.3, 0.4) is 0 Å². The molecule has 1 unspecified atom stereocenters. The highest BCUT2D eigenvalue weighted by molar-refractivity contribution is 5.83. The number of carbonyl (C=O) groups is 1. The smallest absolute Gasteiger partial charge is 0.249 e. The Hall–Kier alpha value is -0.570. The number of hydrogen-bond donors (Lipinski definition) is 2. The van der Waals surface area contributed by atoms with Gasteiger partial charge in [0.25, 0.3) is 0 Å². The van der Waals surface area contributed by atoms with Gasteiger partial charge < -0.3 is 10.8 Å². The van der Waals surface area contributed by atoms with Crippen molar-refractivity contribution < 1.29 is 9.90 Å². The van der Waals surface area contributed by atoms with E-state index in [2.05, 4.69) is 0 Å². The number of rotatable bonds is 3. The number of primary amides is 1. The van der Waals surface area contributed by atoms with E-state index in [0.29, 0.717) is 6.42 Å². The van der Waals surface area contributed by atoms with E-state index in [4.69, 9.17) is 5.73 Å². The minimum atomic E-state index is -1.21. The van der Waals surface area contributed by atoms with Crippen molar-refractivity contribution in [3.8, 4) is 0 Å². The molecule has 0 radical (unpaired) electrons. The molecular formula is C7H13NO2. The van der Waals surface area contributed by atoms with Crippen molar-refractivity contribution in [2.24, 2.45) is 11.7 Å². The van der Waals surface area contributed by atoms with Crippen LogP contribution in [0.2, 0.25) is 0 Å². The average Bonchev–Trinajstić information content (AvgIpc) is 2.67. The van der Waals surface area contributed by atoms with Crippen molar-refractivity contribution in [3.63, 3.8) is 0 Å². The Morgan fingerprint density at radius 2 is 2.30 bits per heavy atom. The Morgan fingerprint density at radius 1 is 1.80 bits per heavy atom. The summed E-state index contributed by atoms with van der Waals surface area (Å²) in [6.07, 6.45) is 2.31. The molecule has 0 spiro atoms. The lowest BCUT2D eigenvalue weighted by atomic mass is 9.94. The van der Waals surface area contributed by atoms with Gasteiger partial charge in [0.05, 0.1) is 0 Å². The van der Waals surface area contributed by atoms with Gasteiger partial charge in [0, 0.05) is 0 Å². The Kier molecular flexibility index (Phi) is 1.68. The normalized spacial score (nSPS) is 23.8. The lowest BCUT2D eigenvalue weighted by molar-refractivity contribution is -0.138. The van der Waals surface area contributed by atoms with Crippen LogP contribution in [-0.2, 0) is 4.79 Å². The topological polar surface area (TPSA) is 63.3 Å². The summed E-state index contributed by atoms with van der Waals surface area (Å²) in [4.78, 5) is 10.7. The molecule has 3 heteroatoms. The summed E-state index contributed by atoms with van der Waals surface area (Å²) >= 11 is 0. The summed E-state index contributed by atoms with van der Waals surface area (Å²) in [6, 6.07) is 0. The molecule has 1 fully saturated rings. The maximum Gasteiger partial charge on any atom is 0.249 e. The van der Waals surface area contributed by atoms with Gasteiger partial charge in [0.2, 0.25) is 5.91 Å². The molecule has 0 saturated heterocycles. The molecule has 1 saturated carbocycles. The van der Waals surface area contributed by atoms with E-state index in [-0.39, 0.29) is 5.92 Å². The number of hydrogen-bond acceptors (Lipinski definition) is 2. The van der Waals surface area contributed by atoms with Gasteiger partial charge in [-0.2, -0.15) is 0 Å². The molecule has 0 aromatic heterocycles. The molecule has 1 rings (SSSR count). The van der Waals surface area contributed by atoms with Crippen LogP contribution in [-0.4, -0.2) is 16.6 Å². The first kappa shape index (κ1) is 7.54. The van der Waals surface area contributed by atoms with E-state index in [0.717, 1.165) is 12.8 Å². The highest BCUT2D eigenvalue weighted by atomic mass is 16.3. The molecule has 0 aliphatic heterocycles. The minimum Gasteiger partial charge on any atom is -0.380 e. The van der Waals surface area contributed by atoms with E-state index in [1.165, 1.54) is 0 Å². The van der Waals surface area contributed by atoms with E-state index in [9.17, 15) is 9.90 Å². The van der Waals surface area contributed by atoms with Crippen LogP contribution in [0.15, 0.2) is 0 Å². The third kappa shape index (κ3) is 1.01. The number of nitrogens with two attached hydrogens (primary N) is 1. The van der Waals surface area contributed by atoms with Crippen LogP contribution in [0.25, 0.3) is 0 Å². The zero-order valence-corrected chi connectivity index (χ0v) is 6.13. The highest BCUT2D eigenvalue weighted by Crippen LogP contribution is 2.41. The number of carbonyl (C=O) groups excluding carboxylic acids is 1. The molecule has 3 nitrogen and oxygen atoms in total. The first-order valence-electron chi connectivity index (χ1n) is 3.63. The molecule has 0 aromatic rings. The third-order valence-electron chi connectivity index (χ3n) is 2.22. The summed E-state index contributed by atoms with van der Waals surface area (Å²) in [7, 11) is 0. The Bertz CT molecular complexity index is 154. The largest absolute Gasteiger partial charge is 0.380 e.